The average Bonchev–Trinajstić information content (AvgIpc) is 3.44. The number of ether oxygens (including phenoxy) is 3. The van der Waals surface area contributed by atoms with Crippen molar-refractivity contribution < 1.29 is 32.2 Å². The molecule has 1 amide bonds. The number of anilines is 2. The second-order valence-corrected chi connectivity index (χ2v) is 7.64. The highest BCUT2D eigenvalue weighted by Gasteiger charge is 2.47. The van der Waals surface area contributed by atoms with E-state index in [1.54, 1.807) is 42.5 Å². The number of benzene rings is 2. The minimum Gasteiger partial charge on any atom is -0.497 e. The Morgan fingerprint density at radius 2 is 2.03 bits per heavy atom. The van der Waals surface area contributed by atoms with E-state index in [0.29, 0.717) is 28.5 Å². The molecule has 0 radical (unpaired) electrons. The fourth-order valence-electron chi connectivity index (χ4n) is 3.98. The number of halogens is 3. The molecule has 5 rings (SSSR count). The Balaban J connectivity index is 1.47. The lowest BCUT2D eigenvalue weighted by atomic mass is 9.96. The van der Waals surface area contributed by atoms with Gasteiger partial charge in [-0.15, -0.1) is 0 Å². The quantitative estimate of drug-likeness (QED) is 0.595. The van der Waals surface area contributed by atoms with Crippen molar-refractivity contribution in [2.75, 3.05) is 24.5 Å². The van der Waals surface area contributed by atoms with Crippen LogP contribution in [0.15, 0.2) is 48.7 Å². The van der Waals surface area contributed by atoms with Crippen LogP contribution in [-0.2, 0) is 0 Å². The SMILES string of the molecule is COc1cccc(C2CC(C(F)(F)F)n3ncc(C(=O)Nc4ccc5c(c4)OCO5)c3N2)c1. The number of hydrogen-bond acceptors (Lipinski definition) is 6. The Kier molecular flexibility index (Phi) is 5.03. The predicted molar refractivity (Wildman–Crippen MR) is 112 cm³/mol. The van der Waals surface area contributed by atoms with Crippen molar-refractivity contribution in [3.8, 4) is 17.2 Å². The van der Waals surface area contributed by atoms with Crippen LogP contribution < -0.4 is 24.8 Å². The Morgan fingerprint density at radius 1 is 1.21 bits per heavy atom. The van der Waals surface area contributed by atoms with E-state index in [-0.39, 0.29) is 24.6 Å². The number of fused-ring (bicyclic) bond motifs is 2. The third-order valence-electron chi connectivity index (χ3n) is 5.61. The molecular formula is C22H19F3N4O4. The highest BCUT2D eigenvalue weighted by molar-refractivity contribution is 6.07. The maximum Gasteiger partial charge on any atom is 0.410 e. The van der Waals surface area contributed by atoms with Gasteiger partial charge >= 0.3 is 6.18 Å². The smallest absolute Gasteiger partial charge is 0.410 e. The molecule has 11 heteroatoms. The Morgan fingerprint density at radius 3 is 2.82 bits per heavy atom. The molecule has 2 aliphatic rings. The zero-order valence-electron chi connectivity index (χ0n) is 17.3. The van der Waals surface area contributed by atoms with Gasteiger partial charge in [0, 0.05) is 18.2 Å². The van der Waals surface area contributed by atoms with Gasteiger partial charge in [-0.2, -0.15) is 18.3 Å². The Hall–Kier alpha value is -3.89. The fraction of sp³-hybridized carbons (Fsp3) is 0.273. The van der Waals surface area contributed by atoms with Gasteiger partial charge in [-0.1, -0.05) is 12.1 Å². The van der Waals surface area contributed by atoms with Crippen LogP contribution in [0.2, 0.25) is 0 Å². The summed E-state index contributed by atoms with van der Waals surface area (Å²) in [6.45, 7) is 0.0814. The summed E-state index contributed by atoms with van der Waals surface area (Å²) in [4.78, 5) is 13.0. The number of nitrogens with one attached hydrogen (secondary N) is 2. The second-order valence-electron chi connectivity index (χ2n) is 7.64. The van der Waals surface area contributed by atoms with Crippen LogP contribution in [0.25, 0.3) is 0 Å². The lowest BCUT2D eigenvalue weighted by molar-refractivity contribution is -0.173. The lowest BCUT2D eigenvalue weighted by Gasteiger charge is -2.34. The minimum atomic E-state index is -4.55. The van der Waals surface area contributed by atoms with Crippen molar-refractivity contribution in [1.82, 2.24) is 9.78 Å². The molecule has 3 heterocycles. The standard InChI is InChI=1S/C22H19F3N4O4/c1-31-14-4-2-3-12(7-14)16-9-19(22(23,24)25)29-20(28-16)15(10-26-29)21(30)27-13-5-6-17-18(8-13)33-11-32-17/h2-8,10,16,19,28H,9,11H2,1H3,(H,27,30). The summed E-state index contributed by atoms with van der Waals surface area (Å²) in [6.07, 6.45) is -3.70. The molecule has 0 saturated carbocycles. The van der Waals surface area contributed by atoms with E-state index in [0.717, 1.165) is 10.9 Å². The van der Waals surface area contributed by atoms with E-state index in [2.05, 4.69) is 15.7 Å². The number of amides is 1. The molecule has 2 N–H and O–H groups in total. The molecule has 1 aromatic heterocycles. The first-order chi connectivity index (χ1) is 15.8. The van der Waals surface area contributed by atoms with Crippen molar-refractivity contribution in [1.29, 1.82) is 0 Å². The number of alkyl halides is 3. The van der Waals surface area contributed by atoms with Crippen molar-refractivity contribution in [2.45, 2.75) is 24.7 Å². The summed E-state index contributed by atoms with van der Waals surface area (Å²) in [6, 6.07) is 9.05. The molecule has 8 nitrogen and oxygen atoms in total. The summed E-state index contributed by atoms with van der Waals surface area (Å²) in [5, 5.41) is 9.64. The Bertz CT molecular complexity index is 1210. The van der Waals surface area contributed by atoms with Gasteiger partial charge in [0.1, 0.15) is 17.1 Å². The second kappa shape index (κ2) is 7.91. The molecule has 3 aromatic rings. The zero-order chi connectivity index (χ0) is 23.2. The van der Waals surface area contributed by atoms with Gasteiger partial charge in [-0.25, -0.2) is 4.68 Å². The zero-order valence-corrected chi connectivity index (χ0v) is 17.3. The van der Waals surface area contributed by atoms with Gasteiger partial charge in [0.05, 0.1) is 19.3 Å². The van der Waals surface area contributed by atoms with E-state index in [9.17, 15) is 18.0 Å². The van der Waals surface area contributed by atoms with Crippen LogP contribution in [-0.4, -0.2) is 35.8 Å². The molecule has 172 valence electrons. The first-order valence-corrected chi connectivity index (χ1v) is 10.1. The van der Waals surface area contributed by atoms with Crippen molar-refractivity contribution in [2.24, 2.45) is 0 Å². The van der Waals surface area contributed by atoms with Gasteiger partial charge in [0.2, 0.25) is 6.79 Å². The molecule has 33 heavy (non-hydrogen) atoms. The molecule has 2 unspecified atom stereocenters. The molecule has 2 atom stereocenters. The highest BCUT2D eigenvalue weighted by Crippen LogP contribution is 2.45. The maximum atomic E-state index is 13.9. The topological polar surface area (TPSA) is 86.6 Å². The summed E-state index contributed by atoms with van der Waals surface area (Å²) < 4.78 is 58.3. The van der Waals surface area contributed by atoms with Gasteiger partial charge in [0.15, 0.2) is 17.5 Å². The van der Waals surface area contributed by atoms with Crippen LogP contribution in [0.1, 0.15) is 34.4 Å². The van der Waals surface area contributed by atoms with Crippen LogP contribution in [0.3, 0.4) is 0 Å². The molecule has 0 bridgehead atoms. The van der Waals surface area contributed by atoms with E-state index in [4.69, 9.17) is 14.2 Å². The molecule has 2 aromatic carbocycles. The largest absolute Gasteiger partial charge is 0.497 e. The number of aromatic nitrogens is 2. The van der Waals surface area contributed by atoms with Crippen molar-refractivity contribution in [3.05, 3.63) is 59.8 Å². The van der Waals surface area contributed by atoms with Gasteiger partial charge < -0.3 is 24.8 Å². The highest BCUT2D eigenvalue weighted by atomic mass is 19.4. The fourth-order valence-corrected chi connectivity index (χ4v) is 3.98. The summed E-state index contributed by atoms with van der Waals surface area (Å²) in [5.74, 6) is 0.937. The number of rotatable bonds is 4. The third kappa shape index (κ3) is 3.90. The Labute approximate surface area is 186 Å². The van der Waals surface area contributed by atoms with E-state index < -0.39 is 24.2 Å². The predicted octanol–water partition coefficient (Wildman–Crippen LogP) is 4.53. The average molecular weight is 460 g/mol. The number of carbonyl (C=O) groups excluding carboxylic acids is 1. The summed E-state index contributed by atoms with van der Waals surface area (Å²) in [7, 11) is 1.49. The van der Waals surface area contributed by atoms with Crippen molar-refractivity contribution >= 4 is 17.4 Å². The molecule has 2 aliphatic heterocycles. The van der Waals surface area contributed by atoms with Crippen LogP contribution in [0, 0.1) is 0 Å². The number of nitrogens with zero attached hydrogens (tertiary/aromatic N) is 2. The number of hydrogen-bond donors (Lipinski definition) is 2. The molecular weight excluding hydrogens is 441 g/mol. The van der Waals surface area contributed by atoms with Crippen LogP contribution in [0.4, 0.5) is 24.7 Å². The van der Waals surface area contributed by atoms with Gasteiger partial charge in [-0.05, 0) is 29.8 Å². The normalized spacial score (nSPS) is 18.9. The maximum absolute atomic E-state index is 13.9. The number of carbonyl (C=O) groups is 1. The van der Waals surface area contributed by atoms with E-state index >= 15 is 0 Å². The molecule has 0 fully saturated rings. The monoisotopic (exact) mass is 460 g/mol. The van der Waals surface area contributed by atoms with Gasteiger partial charge in [-0.3, -0.25) is 4.79 Å². The van der Waals surface area contributed by atoms with Crippen molar-refractivity contribution in [3.63, 3.8) is 0 Å². The molecule has 0 saturated heterocycles. The minimum absolute atomic E-state index is 0.00496. The third-order valence-corrected chi connectivity index (χ3v) is 5.61. The van der Waals surface area contributed by atoms with E-state index in [1.165, 1.54) is 7.11 Å². The van der Waals surface area contributed by atoms with Gasteiger partial charge in [0.25, 0.3) is 5.91 Å². The van der Waals surface area contributed by atoms with Crippen LogP contribution >= 0.6 is 0 Å². The first-order valence-electron chi connectivity index (χ1n) is 10.1. The lowest BCUT2D eigenvalue weighted by Crippen LogP contribution is -2.36. The molecule has 0 spiro atoms. The number of methoxy groups -OCH3 is 1. The van der Waals surface area contributed by atoms with Crippen LogP contribution in [0.5, 0.6) is 17.2 Å². The van der Waals surface area contributed by atoms with E-state index in [1.807, 2.05) is 0 Å². The summed E-state index contributed by atoms with van der Waals surface area (Å²) >= 11 is 0. The molecule has 0 aliphatic carbocycles. The first kappa shape index (κ1) is 21.0. The summed E-state index contributed by atoms with van der Waals surface area (Å²) in [5.41, 5.74) is 1.02.